The molecule has 2 aliphatic rings. The number of aliphatic imine (C=N–C) groups is 1. The van der Waals surface area contributed by atoms with Gasteiger partial charge in [-0.05, 0) is 42.2 Å². The molecule has 1 fully saturated rings. The molecule has 0 spiro atoms. The molecule has 0 aromatic carbocycles. The van der Waals surface area contributed by atoms with Gasteiger partial charge in [0.15, 0.2) is 5.17 Å². The van der Waals surface area contributed by atoms with E-state index in [1.165, 1.54) is 42.4 Å². The number of hydrogen-bond donors (Lipinski definition) is 2. The number of nitrogens with zero attached hydrogens (tertiary/aromatic N) is 4. The molecule has 148 valence electrons. The number of nitrogens with two attached hydrogens (primary N) is 1. The molecule has 7 nitrogen and oxygen atoms in total. The lowest BCUT2D eigenvalue weighted by atomic mass is 10.0. The maximum Gasteiger partial charge on any atom is 0.290 e. The van der Waals surface area contributed by atoms with Gasteiger partial charge in [0.1, 0.15) is 11.9 Å². The number of hydrogen-bond acceptors (Lipinski definition) is 7. The second-order valence-corrected chi connectivity index (χ2v) is 7.52. The lowest BCUT2D eigenvalue weighted by molar-refractivity contribution is -0.122. The van der Waals surface area contributed by atoms with Gasteiger partial charge >= 0.3 is 0 Å². The Morgan fingerprint density at radius 3 is 2.79 bits per heavy atom. The highest BCUT2D eigenvalue weighted by molar-refractivity contribution is 8.14. The molecule has 29 heavy (non-hydrogen) atoms. The molecule has 0 radical (unpaired) electrons. The fourth-order valence-corrected chi connectivity index (χ4v) is 4.09. The summed E-state index contributed by atoms with van der Waals surface area (Å²) in [6, 6.07) is 6.00. The Balaban J connectivity index is 0.000000755. The number of thioether (sulfide) groups is 1. The SMILES string of the molecule is N#Cc1ccc(/C(F)=C/c2cnc(F)c(C3N=C(N)SC4CC43)c2)nc1.O=CO. The van der Waals surface area contributed by atoms with Crippen molar-refractivity contribution in [3.8, 4) is 6.07 Å². The number of amidine groups is 1. The first-order chi connectivity index (χ1) is 14.0. The Morgan fingerprint density at radius 1 is 1.38 bits per heavy atom. The van der Waals surface area contributed by atoms with Crippen LogP contribution < -0.4 is 5.73 Å². The number of carboxylic acid groups (broad SMARTS) is 1. The molecule has 10 heteroatoms. The summed E-state index contributed by atoms with van der Waals surface area (Å²) < 4.78 is 28.7. The molecule has 3 atom stereocenters. The monoisotopic (exact) mass is 415 g/mol. The Hall–Kier alpha value is -3.32. The third-order valence-corrected chi connectivity index (χ3v) is 5.55. The standard InChI is InChI=1S/C18H13F2N5S.CH2O2/c19-13(14-2-1-9(6-21)7-23-14)4-10-3-12(17(20)24-8-10)16-11-5-15(11)26-18(22)25-16;2-1-3/h1-4,7-8,11,15-16H,5H2,(H2,22,25);1H,(H,2,3)/b13-4-;. The van der Waals surface area contributed by atoms with Crippen LogP contribution in [0, 0.1) is 23.2 Å². The molecule has 2 aromatic heterocycles. The minimum absolute atomic E-state index is 0.0912. The molecule has 0 amide bonds. The third-order valence-electron chi connectivity index (χ3n) is 4.36. The molecule has 1 aliphatic heterocycles. The fraction of sp³-hybridized carbons (Fsp3) is 0.211. The van der Waals surface area contributed by atoms with Gasteiger partial charge in [-0.15, -0.1) is 0 Å². The van der Waals surface area contributed by atoms with E-state index >= 15 is 0 Å². The molecular formula is C19H15F2N5O2S. The van der Waals surface area contributed by atoms with E-state index in [4.69, 9.17) is 20.9 Å². The quantitative estimate of drug-likeness (QED) is 0.583. The van der Waals surface area contributed by atoms with Crippen LogP contribution >= 0.6 is 11.8 Å². The van der Waals surface area contributed by atoms with Crippen LogP contribution in [-0.2, 0) is 4.79 Å². The van der Waals surface area contributed by atoms with E-state index < -0.39 is 11.8 Å². The molecule has 3 unspecified atom stereocenters. The molecule has 2 aromatic rings. The first kappa shape index (κ1) is 20.4. The fourth-order valence-electron chi connectivity index (χ4n) is 2.97. The maximum absolute atomic E-state index is 14.4. The molecule has 3 N–H and O–H groups in total. The molecule has 0 bridgehead atoms. The number of nitriles is 1. The van der Waals surface area contributed by atoms with Crippen molar-refractivity contribution in [2.75, 3.05) is 0 Å². The average Bonchev–Trinajstić information content (AvgIpc) is 3.49. The Kier molecular flexibility index (Phi) is 6.19. The van der Waals surface area contributed by atoms with E-state index in [9.17, 15) is 8.78 Å². The maximum atomic E-state index is 14.4. The lowest BCUT2D eigenvalue weighted by Crippen LogP contribution is -2.18. The van der Waals surface area contributed by atoms with Crippen LogP contribution in [0.3, 0.4) is 0 Å². The van der Waals surface area contributed by atoms with Gasteiger partial charge in [0, 0.05) is 23.2 Å². The molecule has 0 saturated heterocycles. The lowest BCUT2D eigenvalue weighted by Gasteiger charge is -2.18. The van der Waals surface area contributed by atoms with Gasteiger partial charge in [0.05, 0.1) is 17.3 Å². The second kappa shape index (κ2) is 8.79. The number of fused-ring (bicyclic) bond motifs is 1. The predicted octanol–water partition coefficient (Wildman–Crippen LogP) is 3.15. The van der Waals surface area contributed by atoms with Crippen LogP contribution in [0.2, 0.25) is 0 Å². The molecular weight excluding hydrogens is 400 g/mol. The van der Waals surface area contributed by atoms with Crippen molar-refractivity contribution in [1.82, 2.24) is 9.97 Å². The number of aromatic nitrogens is 2. The average molecular weight is 415 g/mol. The van der Waals surface area contributed by atoms with Gasteiger partial charge < -0.3 is 10.8 Å². The highest BCUT2D eigenvalue weighted by atomic mass is 32.2. The summed E-state index contributed by atoms with van der Waals surface area (Å²) in [5.74, 6) is -0.966. The van der Waals surface area contributed by atoms with E-state index in [0.29, 0.717) is 27.1 Å². The molecule has 1 aliphatic carbocycles. The van der Waals surface area contributed by atoms with Crippen molar-refractivity contribution < 1.29 is 18.7 Å². The number of pyridine rings is 2. The van der Waals surface area contributed by atoms with Crippen molar-refractivity contribution in [3.05, 3.63) is 58.9 Å². The van der Waals surface area contributed by atoms with Gasteiger partial charge in [0.2, 0.25) is 5.95 Å². The minimum atomic E-state index is -0.613. The summed E-state index contributed by atoms with van der Waals surface area (Å²) in [6.45, 7) is -0.250. The molecule has 3 heterocycles. The summed E-state index contributed by atoms with van der Waals surface area (Å²) in [5.41, 5.74) is 6.99. The summed E-state index contributed by atoms with van der Waals surface area (Å²) in [6.07, 6.45) is 4.72. The Labute approximate surface area is 169 Å². The van der Waals surface area contributed by atoms with E-state index in [1.54, 1.807) is 6.07 Å². The van der Waals surface area contributed by atoms with E-state index in [-0.39, 0.29) is 24.1 Å². The van der Waals surface area contributed by atoms with Crippen molar-refractivity contribution in [1.29, 1.82) is 5.26 Å². The van der Waals surface area contributed by atoms with E-state index in [1.807, 2.05) is 6.07 Å². The zero-order chi connectivity index (χ0) is 21.0. The first-order valence-corrected chi connectivity index (χ1v) is 9.31. The van der Waals surface area contributed by atoms with Crippen LogP contribution in [0.4, 0.5) is 8.78 Å². The van der Waals surface area contributed by atoms with Crippen LogP contribution in [-0.4, -0.2) is 32.0 Å². The minimum Gasteiger partial charge on any atom is -0.483 e. The highest BCUT2D eigenvalue weighted by Crippen LogP contribution is 2.54. The smallest absolute Gasteiger partial charge is 0.290 e. The number of rotatable bonds is 3. The zero-order valence-corrected chi connectivity index (χ0v) is 15.7. The zero-order valence-electron chi connectivity index (χ0n) is 14.9. The predicted molar refractivity (Wildman–Crippen MR) is 105 cm³/mol. The second-order valence-electron chi connectivity index (χ2n) is 6.26. The number of carbonyl (C=O) groups is 1. The van der Waals surface area contributed by atoms with Crippen LogP contribution in [0.5, 0.6) is 0 Å². The largest absolute Gasteiger partial charge is 0.483 e. The van der Waals surface area contributed by atoms with Crippen LogP contribution in [0.25, 0.3) is 11.9 Å². The van der Waals surface area contributed by atoms with Gasteiger partial charge in [-0.2, -0.15) is 9.65 Å². The van der Waals surface area contributed by atoms with E-state index in [0.717, 1.165) is 6.42 Å². The first-order valence-electron chi connectivity index (χ1n) is 8.43. The van der Waals surface area contributed by atoms with Crippen molar-refractivity contribution >= 4 is 35.3 Å². The van der Waals surface area contributed by atoms with Crippen molar-refractivity contribution in [3.63, 3.8) is 0 Å². The molecule has 4 rings (SSSR count). The van der Waals surface area contributed by atoms with Gasteiger partial charge in [-0.1, -0.05) is 11.8 Å². The normalized spacial score (nSPS) is 22.3. The number of halogens is 2. The third kappa shape index (κ3) is 4.75. The Bertz CT molecular complexity index is 1020. The molecule has 1 saturated carbocycles. The van der Waals surface area contributed by atoms with Crippen molar-refractivity contribution in [2.45, 2.75) is 17.7 Å². The highest BCUT2D eigenvalue weighted by Gasteiger charge is 2.48. The van der Waals surface area contributed by atoms with Gasteiger partial charge in [-0.25, -0.2) is 9.37 Å². The summed E-state index contributed by atoms with van der Waals surface area (Å²) >= 11 is 1.52. The topological polar surface area (TPSA) is 125 Å². The summed E-state index contributed by atoms with van der Waals surface area (Å²) in [7, 11) is 0. The van der Waals surface area contributed by atoms with Gasteiger partial charge in [-0.3, -0.25) is 14.8 Å². The van der Waals surface area contributed by atoms with Crippen molar-refractivity contribution in [2.24, 2.45) is 16.6 Å². The van der Waals surface area contributed by atoms with Crippen LogP contribution in [0.1, 0.15) is 34.8 Å². The van der Waals surface area contributed by atoms with E-state index in [2.05, 4.69) is 15.0 Å². The Morgan fingerprint density at radius 2 is 2.14 bits per heavy atom. The summed E-state index contributed by atoms with van der Waals surface area (Å²) in [4.78, 5) is 20.4. The summed E-state index contributed by atoms with van der Waals surface area (Å²) in [5, 5.41) is 16.5. The van der Waals surface area contributed by atoms with Gasteiger partial charge in [0.25, 0.3) is 6.47 Å². The van der Waals surface area contributed by atoms with Crippen LogP contribution in [0.15, 0.2) is 35.6 Å².